The van der Waals surface area contributed by atoms with Crippen molar-refractivity contribution >= 4 is 23.2 Å². The molecule has 0 aliphatic carbocycles. The van der Waals surface area contributed by atoms with E-state index in [0.29, 0.717) is 10.6 Å². The van der Waals surface area contributed by atoms with Gasteiger partial charge in [0, 0.05) is 5.56 Å². The first-order valence-corrected chi connectivity index (χ1v) is 9.34. The van der Waals surface area contributed by atoms with E-state index in [1.165, 1.54) is 11.3 Å². The highest BCUT2D eigenvalue weighted by Crippen LogP contribution is 2.27. The van der Waals surface area contributed by atoms with Gasteiger partial charge in [-0.3, -0.25) is 20.4 Å². The van der Waals surface area contributed by atoms with Gasteiger partial charge in [-0.25, -0.2) is 0 Å². The maximum Gasteiger partial charge on any atom is 0.280 e. The molecule has 27 heavy (non-hydrogen) atoms. The van der Waals surface area contributed by atoms with E-state index in [2.05, 4.69) is 10.9 Å². The van der Waals surface area contributed by atoms with E-state index in [4.69, 9.17) is 4.74 Å². The second kappa shape index (κ2) is 8.51. The van der Waals surface area contributed by atoms with Crippen molar-refractivity contribution in [1.29, 1.82) is 0 Å². The van der Waals surface area contributed by atoms with Crippen LogP contribution in [0.5, 0.6) is 5.75 Å². The van der Waals surface area contributed by atoms with E-state index in [1.807, 2.05) is 73.8 Å². The summed E-state index contributed by atoms with van der Waals surface area (Å²) in [6.07, 6.45) is 0. The third kappa shape index (κ3) is 4.95. The third-order valence-electron chi connectivity index (χ3n) is 3.84. The Balaban J connectivity index is 1.55. The number of nitrogens with one attached hydrogen (secondary N) is 2. The molecule has 2 amide bonds. The van der Waals surface area contributed by atoms with Crippen molar-refractivity contribution in [2.24, 2.45) is 0 Å². The molecule has 3 rings (SSSR count). The Morgan fingerprint density at radius 1 is 0.963 bits per heavy atom. The number of carbonyl (C=O) groups excluding carboxylic acids is 2. The third-order valence-corrected chi connectivity index (χ3v) is 4.75. The Morgan fingerprint density at radius 2 is 1.67 bits per heavy atom. The number of hydrazine groups is 1. The van der Waals surface area contributed by atoms with E-state index < -0.39 is 5.91 Å². The minimum Gasteiger partial charge on any atom is -0.484 e. The normalized spacial score (nSPS) is 10.3. The first-order valence-electron chi connectivity index (χ1n) is 8.46. The quantitative estimate of drug-likeness (QED) is 0.660. The summed E-state index contributed by atoms with van der Waals surface area (Å²) >= 11 is 1.32. The topological polar surface area (TPSA) is 67.4 Å². The highest BCUT2D eigenvalue weighted by Gasteiger charge is 2.15. The van der Waals surface area contributed by atoms with Gasteiger partial charge in [0.2, 0.25) is 0 Å². The van der Waals surface area contributed by atoms with Crippen LogP contribution >= 0.6 is 11.3 Å². The van der Waals surface area contributed by atoms with Gasteiger partial charge in [0.25, 0.3) is 11.8 Å². The summed E-state index contributed by atoms with van der Waals surface area (Å²) in [7, 11) is 0. The SMILES string of the molecule is Cc1cc(C)cc(OCC(=O)NNC(=O)c2sccc2-c2ccccc2)c1. The summed E-state index contributed by atoms with van der Waals surface area (Å²) in [6.45, 7) is 3.75. The highest BCUT2D eigenvalue weighted by molar-refractivity contribution is 7.12. The lowest BCUT2D eigenvalue weighted by molar-refractivity contribution is -0.123. The maximum atomic E-state index is 12.4. The van der Waals surface area contributed by atoms with Gasteiger partial charge in [0.05, 0.1) is 0 Å². The Bertz CT molecular complexity index is 931. The fourth-order valence-electron chi connectivity index (χ4n) is 2.71. The fraction of sp³-hybridized carbons (Fsp3) is 0.143. The van der Waals surface area contributed by atoms with E-state index in [1.54, 1.807) is 0 Å². The molecule has 0 saturated carbocycles. The van der Waals surface area contributed by atoms with Gasteiger partial charge in [-0.2, -0.15) is 0 Å². The van der Waals surface area contributed by atoms with Gasteiger partial charge >= 0.3 is 0 Å². The van der Waals surface area contributed by atoms with Gasteiger partial charge in [-0.15, -0.1) is 11.3 Å². The molecule has 2 aromatic carbocycles. The maximum absolute atomic E-state index is 12.4. The van der Waals surface area contributed by atoms with Crippen LogP contribution in [0.15, 0.2) is 60.0 Å². The van der Waals surface area contributed by atoms with Crippen LogP contribution in [-0.4, -0.2) is 18.4 Å². The molecule has 6 heteroatoms. The largest absolute Gasteiger partial charge is 0.484 e. The van der Waals surface area contributed by atoms with Gasteiger partial charge in [0.15, 0.2) is 6.61 Å². The van der Waals surface area contributed by atoms with Gasteiger partial charge in [-0.05, 0) is 54.1 Å². The molecular weight excluding hydrogens is 360 g/mol. The van der Waals surface area contributed by atoms with E-state index >= 15 is 0 Å². The number of ether oxygens (including phenoxy) is 1. The molecule has 0 fully saturated rings. The molecule has 2 N–H and O–H groups in total. The Morgan fingerprint density at radius 3 is 2.37 bits per heavy atom. The molecule has 0 spiro atoms. The van der Waals surface area contributed by atoms with Crippen LogP contribution in [0.25, 0.3) is 11.1 Å². The van der Waals surface area contributed by atoms with Crippen LogP contribution in [0.3, 0.4) is 0 Å². The molecule has 0 aliphatic rings. The summed E-state index contributed by atoms with van der Waals surface area (Å²) in [6, 6.07) is 17.3. The zero-order chi connectivity index (χ0) is 19.2. The molecule has 1 heterocycles. The molecule has 0 aliphatic heterocycles. The first-order chi connectivity index (χ1) is 13.0. The smallest absolute Gasteiger partial charge is 0.280 e. The Labute approximate surface area is 162 Å². The van der Waals surface area contributed by atoms with E-state index in [0.717, 1.165) is 22.3 Å². The zero-order valence-corrected chi connectivity index (χ0v) is 15.9. The van der Waals surface area contributed by atoms with Crippen molar-refractivity contribution in [3.63, 3.8) is 0 Å². The highest BCUT2D eigenvalue weighted by atomic mass is 32.1. The number of thiophene rings is 1. The van der Waals surface area contributed by atoms with Crippen molar-refractivity contribution in [2.75, 3.05) is 6.61 Å². The second-order valence-electron chi connectivity index (χ2n) is 6.14. The minimum atomic E-state index is -0.430. The van der Waals surface area contributed by atoms with Crippen molar-refractivity contribution in [3.8, 4) is 16.9 Å². The summed E-state index contributed by atoms with van der Waals surface area (Å²) in [5.41, 5.74) is 8.74. The molecule has 0 radical (unpaired) electrons. The van der Waals surface area contributed by atoms with Gasteiger partial charge < -0.3 is 4.74 Å². The number of carbonyl (C=O) groups is 2. The molecule has 0 unspecified atom stereocenters. The van der Waals surface area contributed by atoms with E-state index in [9.17, 15) is 9.59 Å². The van der Waals surface area contributed by atoms with Crippen molar-refractivity contribution in [2.45, 2.75) is 13.8 Å². The first kappa shape index (κ1) is 18.7. The average Bonchev–Trinajstić information content (AvgIpc) is 3.14. The van der Waals surface area contributed by atoms with Crippen LogP contribution in [0.4, 0.5) is 0 Å². The number of amides is 2. The van der Waals surface area contributed by atoms with Crippen LogP contribution in [0.1, 0.15) is 20.8 Å². The zero-order valence-electron chi connectivity index (χ0n) is 15.1. The van der Waals surface area contributed by atoms with Gasteiger partial charge in [0.1, 0.15) is 10.6 Å². The van der Waals surface area contributed by atoms with Crippen LogP contribution in [-0.2, 0) is 4.79 Å². The van der Waals surface area contributed by atoms with E-state index in [-0.39, 0.29) is 12.5 Å². The van der Waals surface area contributed by atoms with Crippen molar-refractivity contribution in [1.82, 2.24) is 10.9 Å². The Hall–Kier alpha value is -3.12. The lowest BCUT2D eigenvalue weighted by atomic mass is 10.1. The van der Waals surface area contributed by atoms with Crippen LogP contribution in [0, 0.1) is 13.8 Å². The molecular formula is C21H20N2O3S. The number of hydrogen-bond acceptors (Lipinski definition) is 4. The predicted molar refractivity (Wildman–Crippen MR) is 107 cm³/mol. The molecule has 0 saturated heterocycles. The summed E-state index contributed by atoms with van der Waals surface area (Å²) in [5, 5.41) is 1.85. The van der Waals surface area contributed by atoms with Crippen LogP contribution in [0.2, 0.25) is 0 Å². The van der Waals surface area contributed by atoms with Crippen molar-refractivity contribution < 1.29 is 14.3 Å². The molecule has 0 bridgehead atoms. The number of benzene rings is 2. The number of aryl methyl sites for hydroxylation is 2. The molecule has 3 aromatic rings. The fourth-order valence-corrected chi connectivity index (χ4v) is 3.53. The average molecular weight is 380 g/mol. The number of hydrogen-bond donors (Lipinski definition) is 2. The second-order valence-corrected chi connectivity index (χ2v) is 7.06. The standard InChI is InChI=1S/C21H20N2O3S/c1-14-10-15(2)12-17(11-14)26-13-19(24)22-23-21(25)20-18(8-9-27-20)16-6-4-3-5-7-16/h3-12H,13H2,1-2H3,(H,22,24)(H,23,25). The minimum absolute atomic E-state index is 0.181. The molecule has 138 valence electrons. The van der Waals surface area contributed by atoms with Crippen LogP contribution < -0.4 is 15.6 Å². The summed E-state index contributed by atoms with van der Waals surface area (Å²) < 4.78 is 5.48. The number of rotatable bonds is 5. The predicted octanol–water partition coefficient (Wildman–Crippen LogP) is 3.87. The Kier molecular flexibility index (Phi) is 5.88. The van der Waals surface area contributed by atoms with Gasteiger partial charge in [-0.1, -0.05) is 36.4 Å². The summed E-state index contributed by atoms with van der Waals surface area (Å²) in [4.78, 5) is 24.9. The molecule has 1 aromatic heterocycles. The van der Waals surface area contributed by atoms with Crippen molar-refractivity contribution in [3.05, 3.63) is 76.0 Å². The lowest BCUT2D eigenvalue weighted by Gasteiger charge is -2.10. The lowest BCUT2D eigenvalue weighted by Crippen LogP contribution is -2.43. The molecule has 0 atom stereocenters. The molecule has 5 nitrogen and oxygen atoms in total. The summed E-state index contributed by atoms with van der Waals surface area (Å²) in [5.74, 6) is -0.164. The monoisotopic (exact) mass is 380 g/mol.